The highest BCUT2D eigenvalue weighted by Crippen LogP contribution is 2.27. The van der Waals surface area contributed by atoms with Crippen LogP contribution in [0.15, 0.2) is 35.7 Å². The number of nitriles is 1. The molecule has 0 radical (unpaired) electrons. The number of nitrogens with zero attached hydrogens (tertiary/aromatic N) is 1. The van der Waals surface area contributed by atoms with Gasteiger partial charge in [-0.05, 0) is 30.5 Å². The minimum Gasteiger partial charge on any atom is -0.493 e. The van der Waals surface area contributed by atoms with Crippen LogP contribution in [0.5, 0.6) is 11.5 Å². The Morgan fingerprint density at radius 1 is 1.41 bits per heavy atom. The molecule has 1 aromatic heterocycles. The first-order chi connectivity index (χ1) is 10.6. The van der Waals surface area contributed by atoms with Crippen molar-refractivity contribution in [1.29, 1.82) is 5.26 Å². The number of amides is 1. The number of nitrogens with one attached hydrogen (secondary N) is 1. The zero-order valence-corrected chi connectivity index (χ0v) is 13.1. The first-order valence-electron chi connectivity index (χ1n) is 6.67. The first-order valence-corrected chi connectivity index (χ1v) is 7.55. The van der Waals surface area contributed by atoms with E-state index in [1.165, 1.54) is 7.11 Å². The van der Waals surface area contributed by atoms with Crippen molar-refractivity contribution >= 4 is 17.2 Å². The zero-order chi connectivity index (χ0) is 15.9. The van der Waals surface area contributed by atoms with Crippen LogP contribution in [0.4, 0.5) is 0 Å². The lowest BCUT2D eigenvalue weighted by Crippen LogP contribution is -2.30. The molecule has 0 aliphatic carbocycles. The molecule has 0 saturated heterocycles. The Balaban J connectivity index is 1.92. The summed E-state index contributed by atoms with van der Waals surface area (Å²) in [6.07, 6.45) is 0. The van der Waals surface area contributed by atoms with E-state index in [-0.39, 0.29) is 18.6 Å². The van der Waals surface area contributed by atoms with Crippen molar-refractivity contribution in [2.75, 3.05) is 13.7 Å². The minimum atomic E-state index is -0.215. The van der Waals surface area contributed by atoms with Crippen LogP contribution >= 0.6 is 11.3 Å². The van der Waals surface area contributed by atoms with Gasteiger partial charge < -0.3 is 14.8 Å². The van der Waals surface area contributed by atoms with E-state index in [4.69, 9.17) is 14.7 Å². The Morgan fingerprint density at radius 2 is 2.23 bits per heavy atom. The molecule has 0 spiro atoms. The summed E-state index contributed by atoms with van der Waals surface area (Å²) in [5, 5.41) is 13.7. The van der Waals surface area contributed by atoms with E-state index in [1.54, 1.807) is 29.5 Å². The molecule has 0 aliphatic rings. The van der Waals surface area contributed by atoms with Crippen molar-refractivity contribution in [2.45, 2.75) is 13.0 Å². The molecule has 1 amide bonds. The Kier molecular flexibility index (Phi) is 5.39. The van der Waals surface area contributed by atoms with E-state index in [1.807, 2.05) is 30.5 Å². The fraction of sp³-hybridized carbons (Fsp3) is 0.250. The molecule has 22 heavy (non-hydrogen) atoms. The maximum Gasteiger partial charge on any atom is 0.258 e. The van der Waals surface area contributed by atoms with Crippen LogP contribution in [0.2, 0.25) is 0 Å². The van der Waals surface area contributed by atoms with Crippen LogP contribution in [0.1, 0.15) is 23.4 Å². The summed E-state index contributed by atoms with van der Waals surface area (Å²) in [6.45, 7) is 1.81. The fourth-order valence-corrected chi connectivity index (χ4v) is 2.63. The molecule has 6 heteroatoms. The normalized spacial score (nSPS) is 11.3. The van der Waals surface area contributed by atoms with Gasteiger partial charge in [0.2, 0.25) is 0 Å². The number of benzene rings is 1. The summed E-state index contributed by atoms with van der Waals surface area (Å²) in [5.41, 5.74) is 0.472. The Hall–Kier alpha value is -2.52. The van der Waals surface area contributed by atoms with Gasteiger partial charge in [-0.1, -0.05) is 6.07 Å². The molecule has 1 atom stereocenters. The second-order valence-electron chi connectivity index (χ2n) is 4.57. The summed E-state index contributed by atoms with van der Waals surface area (Å²) in [6, 6.07) is 10.7. The van der Waals surface area contributed by atoms with Crippen LogP contribution < -0.4 is 14.8 Å². The number of methoxy groups -OCH3 is 1. The van der Waals surface area contributed by atoms with Gasteiger partial charge in [-0.15, -0.1) is 11.3 Å². The number of rotatable bonds is 6. The standard InChI is InChI=1S/C16H16N2O3S/c1-11(15-4-3-7-22-15)18-16(19)10-21-13-6-5-12(9-17)8-14(13)20-2/h3-8,11H,10H2,1-2H3,(H,18,19). The third-order valence-electron chi connectivity index (χ3n) is 3.00. The van der Waals surface area contributed by atoms with Gasteiger partial charge in [0.1, 0.15) is 0 Å². The molecule has 0 saturated carbocycles. The first kappa shape index (κ1) is 15.9. The highest BCUT2D eigenvalue weighted by atomic mass is 32.1. The second-order valence-corrected chi connectivity index (χ2v) is 5.55. The number of hydrogen-bond acceptors (Lipinski definition) is 5. The third kappa shape index (κ3) is 3.99. The van der Waals surface area contributed by atoms with Gasteiger partial charge in [0.25, 0.3) is 5.91 Å². The van der Waals surface area contributed by atoms with Crippen molar-refractivity contribution < 1.29 is 14.3 Å². The molecule has 0 bridgehead atoms. The minimum absolute atomic E-state index is 0.0565. The van der Waals surface area contributed by atoms with Crippen LogP contribution in [0.25, 0.3) is 0 Å². The van der Waals surface area contributed by atoms with Crippen molar-refractivity contribution in [2.24, 2.45) is 0 Å². The lowest BCUT2D eigenvalue weighted by Gasteiger charge is -2.14. The quantitative estimate of drug-likeness (QED) is 0.889. The largest absolute Gasteiger partial charge is 0.493 e. The van der Waals surface area contributed by atoms with Crippen LogP contribution in [-0.4, -0.2) is 19.6 Å². The van der Waals surface area contributed by atoms with E-state index in [0.29, 0.717) is 17.1 Å². The predicted molar refractivity (Wildman–Crippen MR) is 84.1 cm³/mol. The summed E-state index contributed by atoms with van der Waals surface area (Å²) < 4.78 is 10.6. The monoisotopic (exact) mass is 316 g/mol. The number of carbonyl (C=O) groups excluding carboxylic acids is 1. The molecule has 2 aromatic rings. The Morgan fingerprint density at radius 3 is 2.86 bits per heavy atom. The van der Waals surface area contributed by atoms with Crippen molar-refractivity contribution in [1.82, 2.24) is 5.32 Å². The molecular weight excluding hydrogens is 300 g/mol. The van der Waals surface area contributed by atoms with Gasteiger partial charge in [0.05, 0.1) is 24.8 Å². The molecule has 1 aromatic carbocycles. The molecule has 114 valence electrons. The molecule has 1 N–H and O–H groups in total. The number of ether oxygens (including phenoxy) is 2. The highest BCUT2D eigenvalue weighted by molar-refractivity contribution is 7.10. The molecule has 1 unspecified atom stereocenters. The van der Waals surface area contributed by atoms with Crippen LogP contribution in [0, 0.1) is 11.3 Å². The molecular formula is C16H16N2O3S. The fourth-order valence-electron chi connectivity index (χ4n) is 1.89. The predicted octanol–water partition coefficient (Wildman–Crippen LogP) is 2.88. The summed E-state index contributed by atoms with van der Waals surface area (Å²) >= 11 is 1.59. The van der Waals surface area contributed by atoms with Gasteiger partial charge >= 0.3 is 0 Å². The van der Waals surface area contributed by atoms with E-state index >= 15 is 0 Å². The summed E-state index contributed by atoms with van der Waals surface area (Å²) in [4.78, 5) is 13.0. The third-order valence-corrected chi connectivity index (χ3v) is 4.05. The second kappa shape index (κ2) is 7.48. The van der Waals surface area contributed by atoms with E-state index in [9.17, 15) is 4.79 Å². The van der Waals surface area contributed by atoms with E-state index in [0.717, 1.165) is 4.88 Å². The zero-order valence-electron chi connectivity index (χ0n) is 12.3. The molecule has 1 heterocycles. The van der Waals surface area contributed by atoms with Gasteiger partial charge in [-0.3, -0.25) is 4.79 Å². The Bertz CT molecular complexity index is 677. The lowest BCUT2D eigenvalue weighted by molar-refractivity contribution is -0.123. The van der Waals surface area contributed by atoms with E-state index in [2.05, 4.69) is 5.32 Å². The molecule has 5 nitrogen and oxygen atoms in total. The van der Waals surface area contributed by atoms with Crippen molar-refractivity contribution in [3.8, 4) is 17.6 Å². The number of hydrogen-bond donors (Lipinski definition) is 1. The van der Waals surface area contributed by atoms with E-state index < -0.39 is 0 Å². The van der Waals surface area contributed by atoms with Crippen LogP contribution in [-0.2, 0) is 4.79 Å². The maximum absolute atomic E-state index is 11.9. The summed E-state index contributed by atoms with van der Waals surface area (Å²) in [7, 11) is 1.49. The number of thiophene rings is 1. The molecule has 0 fully saturated rings. The maximum atomic E-state index is 11.9. The van der Waals surface area contributed by atoms with Gasteiger partial charge in [0.15, 0.2) is 18.1 Å². The van der Waals surface area contributed by atoms with Crippen molar-refractivity contribution in [3.63, 3.8) is 0 Å². The Labute approximate surface area is 133 Å². The number of carbonyl (C=O) groups is 1. The van der Waals surface area contributed by atoms with Crippen LogP contribution in [0.3, 0.4) is 0 Å². The van der Waals surface area contributed by atoms with Gasteiger partial charge in [-0.25, -0.2) is 0 Å². The average molecular weight is 316 g/mol. The lowest BCUT2D eigenvalue weighted by atomic mass is 10.2. The average Bonchev–Trinajstić information content (AvgIpc) is 3.07. The van der Waals surface area contributed by atoms with Gasteiger partial charge in [-0.2, -0.15) is 5.26 Å². The van der Waals surface area contributed by atoms with Gasteiger partial charge in [0, 0.05) is 10.9 Å². The van der Waals surface area contributed by atoms with Crippen molar-refractivity contribution in [3.05, 3.63) is 46.2 Å². The molecule has 2 rings (SSSR count). The molecule has 0 aliphatic heterocycles. The summed E-state index contributed by atoms with van der Waals surface area (Å²) in [5.74, 6) is 0.644. The SMILES string of the molecule is COc1cc(C#N)ccc1OCC(=O)NC(C)c1cccs1. The topological polar surface area (TPSA) is 71.3 Å². The highest BCUT2D eigenvalue weighted by Gasteiger charge is 2.12. The smallest absolute Gasteiger partial charge is 0.258 e.